The molecule has 10 unspecified atom stereocenters. The van der Waals surface area contributed by atoms with Crippen LogP contribution in [0.1, 0.15) is 304 Å². The summed E-state index contributed by atoms with van der Waals surface area (Å²) < 4.78 is 0. The van der Waals surface area contributed by atoms with Crippen molar-refractivity contribution in [3.8, 4) is 0 Å². The highest BCUT2D eigenvalue weighted by Gasteiger charge is 2.33. The fourth-order valence-electron chi connectivity index (χ4n) is 12.8. The number of urea groups is 1. The van der Waals surface area contributed by atoms with E-state index in [-0.39, 0.29) is 190 Å². The summed E-state index contributed by atoms with van der Waals surface area (Å²) in [6.07, 6.45) is 9.79. The van der Waals surface area contributed by atoms with Gasteiger partial charge in [0.25, 0.3) is 0 Å². The van der Waals surface area contributed by atoms with Crippen LogP contribution in [-0.4, -0.2) is 131 Å². The van der Waals surface area contributed by atoms with E-state index in [0.29, 0.717) is 69.9 Å². The van der Waals surface area contributed by atoms with Crippen LogP contribution in [0, 0.1) is 88.8 Å². The first-order chi connectivity index (χ1) is 49.9. The predicted molar refractivity (Wildman–Crippen MR) is 445 cm³/mol. The summed E-state index contributed by atoms with van der Waals surface area (Å²) in [5.41, 5.74) is 6.18. The average molecular weight is 1520 g/mol. The molecule has 1 rings (SSSR count). The topological polar surface area (TPSA) is 315 Å². The van der Waals surface area contributed by atoms with Crippen LogP contribution in [0.25, 0.3) is 0 Å². The highest BCUT2D eigenvalue weighted by molar-refractivity contribution is 5.94. The molecule has 9 N–H and O–H groups in total. The van der Waals surface area contributed by atoms with Crippen LogP contribution in [0.4, 0.5) is 4.79 Å². The van der Waals surface area contributed by atoms with E-state index in [4.69, 9.17) is 5.73 Å². The van der Waals surface area contributed by atoms with E-state index in [0.717, 1.165) is 44.1 Å². The van der Waals surface area contributed by atoms with Crippen molar-refractivity contribution in [1.29, 1.82) is 0 Å². The first-order valence-corrected chi connectivity index (χ1v) is 41.4. The minimum atomic E-state index is -0.581. The Bertz CT molecular complexity index is 2660. The Labute approximate surface area is 658 Å². The first kappa shape index (κ1) is 108. The summed E-state index contributed by atoms with van der Waals surface area (Å²) in [4.78, 5) is 145. The Morgan fingerprint density at radius 1 is 0.398 bits per heavy atom. The zero-order valence-electron chi connectivity index (χ0n) is 74.0. The van der Waals surface area contributed by atoms with Gasteiger partial charge in [0, 0.05) is 117 Å². The molecule has 20 heteroatoms. The third-order valence-corrected chi connectivity index (χ3v) is 18.9. The predicted octanol–water partition coefficient (Wildman–Crippen LogP) is 15.4. The van der Waals surface area contributed by atoms with E-state index >= 15 is 0 Å². The van der Waals surface area contributed by atoms with Crippen LogP contribution in [0.15, 0.2) is 30.3 Å². The number of primary amides is 1. The smallest absolute Gasteiger partial charge is 0.312 e. The average Bonchev–Trinajstić information content (AvgIpc) is 0.889. The molecule has 5 amide bonds. The van der Waals surface area contributed by atoms with Gasteiger partial charge in [0.05, 0.1) is 30.2 Å². The molecule has 0 aliphatic carbocycles. The second-order valence-electron chi connectivity index (χ2n) is 34.3. The second kappa shape index (κ2) is 59.9. The Morgan fingerprint density at radius 3 is 1.19 bits per heavy atom. The molecule has 0 aliphatic rings. The monoisotopic (exact) mass is 1520 g/mol. The third-order valence-electron chi connectivity index (χ3n) is 18.9. The van der Waals surface area contributed by atoms with Gasteiger partial charge in [-0.2, -0.15) is 0 Å². The van der Waals surface area contributed by atoms with Gasteiger partial charge in [-0.3, -0.25) is 52.7 Å². The van der Waals surface area contributed by atoms with Gasteiger partial charge in [0.2, 0.25) is 17.7 Å². The van der Waals surface area contributed by atoms with Gasteiger partial charge in [-0.1, -0.05) is 250 Å². The van der Waals surface area contributed by atoms with Crippen LogP contribution in [0.3, 0.4) is 0 Å². The molecule has 0 aliphatic heterocycles. The van der Waals surface area contributed by atoms with Crippen molar-refractivity contribution in [2.24, 2.45) is 94.5 Å². The molecule has 0 bridgehead atoms. The van der Waals surface area contributed by atoms with Crippen molar-refractivity contribution in [1.82, 2.24) is 37.2 Å². The van der Waals surface area contributed by atoms with Gasteiger partial charge in [-0.25, -0.2) is 4.79 Å². The molecule has 0 saturated heterocycles. The van der Waals surface area contributed by atoms with E-state index < -0.39 is 12.1 Å². The largest absolute Gasteiger partial charge is 0.356 e. The summed E-state index contributed by atoms with van der Waals surface area (Å²) >= 11 is 0. The number of Topliss-reactive ketones (excluding diaryl/α,β-unsaturated/α-hetero) is 8. The molecular weight excluding hydrogens is 1360 g/mol. The van der Waals surface area contributed by atoms with Crippen molar-refractivity contribution < 1.29 is 57.5 Å². The maximum absolute atomic E-state index is 13.0. The third kappa shape index (κ3) is 50.8. The molecule has 0 heterocycles. The van der Waals surface area contributed by atoms with Crippen LogP contribution >= 0.6 is 0 Å². The van der Waals surface area contributed by atoms with E-state index in [1.54, 1.807) is 6.92 Å². The number of nitrogens with one attached hydrogen (secondary N) is 7. The second-order valence-corrected chi connectivity index (χ2v) is 34.3. The van der Waals surface area contributed by atoms with E-state index in [2.05, 4.69) is 84.0 Å². The highest BCUT2D eigenvalue weighted by Crippen LogP contribution is 2.25. The fraction of sp³-hybridized carbons (Fsp3) is 0.795. The van der Waals surface area contributed by atoms with Crippen LogP contribution in [0.5, 0.6) is 0 Å². The van der Waals surface area contributed by atoms with Gasteiger partial charge in [0.15, 0.2) is 28.9 Å². The van der Waals surface area contributed by atoms with Gasteiger partial charge in [-0.15, -0.1) is 0 Å². The van der Waals surface area contributed by atoms with Gasteiger partial charge in [-0.05, 0) is 93.4 Å². The maximum atomic E-state index is 13.0. The number of ketones is 8. The quantitative estimate of drug-likeness (QED) is 0.0281. The Morgan fingerprint density at radius 2 is 0.806 bits per heavy atom. The van der Waals surface area contributed by atoms with Crippen LogP contribution in [-0.2, 0) is 59.2 Å². The number of carbonyl (C=O) groups excluding carboxylic acids is 12. The number of carbonyl (C=O) groups is 12. The molecule has 10 atom stereocenters. The number of hydrogen-bond acceptors (Lipinski definition) is 15. The molecule has 0 radical (unpaired) electrons. The molecule has 108 heavy (non-hydrogen) atoms. The molecule has 20 nitrogen and oxygen atoms in total. The van der Waals surface area contributed by atoms with Crippen molar-refractivity contribution in [2.75, 3.05) is 13.1 Å². The summed E-state index contributed by atoms with van der Waals surface area (Å²) in [5, 5.41) is 21.0. The molecule has 626 valence electrons. The van der Waals surface area contributed by atoms with Crippen molar-refractivity contribution in [2.45, 2.75) is 353 Å². The van der Waals surface area contributed by atoms with Gasteiger partial charge >= 0.3 is 6.03 Å². The Kier molecular flexibility index (Phi) is 60.2. The number of rotatable bonds is 50. The van der Waals surface area contributed by atoms with E-state index in [9.17, 15) is 57.5 Å². The number of amides is 5. The Balaban J connectivity index is -0.000000633. The van der Waals surface area contributed by atoms with E-state index in [1.165, 1.54) is 6.92 Å². The minimum Gasteiger partial charge on any atom is -0.356 e. The number of nitrogens with two attached hydrogens (primary N) is 1. The number of unbranched alkanes of at least 4 members (excludes halogenated alkanes) is 2. The van der Waals surface area contributed by atoms with Crippen LogP contribution < -0.4 is 43.0 Å². The molecule has 0 aromatic heterocycles. The lowest BCUT2D eigenvalue weighted by Crippen LogP contribution is -2.46. The lowest BCUT2D eigenvalue weighted by molar-refractivity contribution is -0.132. The van der Waals surface area contributed by atoms with Crippen molar-refractivity contribution >= 4 is 70.0 Å². The normalized spacial score (nSPS) is 14.3. The molecule has 0 saturated carbocycles. The first-order valence-electron chi connectivity index (χ1n) is 41.4. The minimum absolute atomic E-state index is 0.000926. The standard InChI is InChI=1S/C23H37NO2.C19H36N2O3.C18H35N3O3.C15H29NO2.C13H25NO2/c1-6-7-9-14-20(23(26)17(2)3)16-22(25)21(24-18(4)5)15-19-12-10-8-11-13-19;1-12(2)18(21-14(5)6)17(23)11-16(19(24)13(3)4)9-8-10-20-15(7)22;1-11(2)10-14(12(3)4)17(23)21-15(16(22)13(5)6)8-7-9-20-18(19)24;1-9(2)14(16-11(5)6)13(17)8-12(7)15(18)10(3)4;1-7-11(8(2)3)13(16)14-10(6)12(15)9(4)5/h8,10-13,17-18,20-21,24H,6-7,9,14-16H2,1-5H3;12-14,16,18,21H,8-11H2,1-7H3,(H,20,22);11-15H,7-10H2,1-6H3,(H,21,23)(H3,19,20,24);9-12,14,16H,8H2,1-7H3;8-11H,7H2,1-6H3,(H,14,16). The van der Waals surface area contributed by atoms with Crippen molar-refractivity contribution in [3.05, 3.63) is 35.9 Å². The molecule has 1 aromatic carbocycles. The Hall–Kier alpha value is -5.86. The molecule has 0 fully saturated rings. The maximum Gasteiger partial charge on any atom is 0.312 e. The lowest BCUT2D eigenvalue weighted by atomic mass is 9.84. The van der Waals surface area contributed by atoms with Crippen LogP contribution in [0.2, 0.25) is 0 Å². The summed E-state index contributed by atoms with van der Waals surface area (Å²) in [5.74, 6) is 1.40. The summed E-state index contributed by atoms with van der Waals surface area (Å²) in [6, 6.07) is 8.76. The van der Waals surface area contributed by atoms with E-state index in [1.807, 2.05) is 184 Å². The number of hydrogen-bond donors (Lipinski definition) is 8. The zero-order valence-corrected chi connectivity index (χ0v) is 74.0. The van der Waals surface area contributed by atoms with Gasteiger partial charge in [0.1, 0.15) is 17.3 Å². The highest BCUT2D eigenvalue weighted by atomic mass is 16.2. The molecular formula is C88H162N8O12. The lowest BCUT2D eigenvalue weighted by Gasteiger charge is -2.26. The van der Waals surface area contributed by atoms with Crippen molar-refractivity contribution in [3.63, 3.8) is 0 Å². The number of benzene rings is 1. The summed E-state index contributed by atoms with van der Waals surface area (Å²) in [7, 11) is 0. The fourth-order valence-corrected chi connectivity index (χ4v) is 12.8. The molecule has 1 aromatic rings. The zero-order chi connectivity index (χ0) is 84.6. The summed E-state index contributed by atoms with van der Waals surface area (Å²) in [6.45, 7) is 61.6. The molecule has 0 spiro atoms. The SMILES string of the molecule is CC(=O)NCCCC(CC(=O)C(NC(C)C)C(C)C)C(=O)C(C)C.CC(C)CC(C(=O)NC(CCCNC(N)=O)C(=O)C(C)C)C(C)C.CC(C)NC(C(=O)CC(C)C(=O)C(C)C)C(C)C.CCC(C(=O)NC(C)C(=O)C(C)C)C(C)C.CCCCCC(CC(=O)C(Cc1ccccc1)NC(C)C)C(=O)C(C)C. The van der Waals surface area contributed by atoms with Gasteiger partial charge < -0.3 is 43.0 Å².